The van der Waals surface area contributed by atoms with Gasteiger partial charge in [-0.1, -0.05) is 18.2 Å². The van der Waals surface area contributed by atoms with Crippen molar-refractivity contribution >= 4 is 44.6 Å². The number of rotatable bonds is 4. The van der Waals surface area contributed by atoms with Crippen molar-refractivity contribution in [2.24, 2.45) is 0 Å². The van der Waals surface area contributed by atoms with Gasteiger partial charge in [0.25, 0.3) is 11.8 Å². The Bertz CT molecular complexity index is 1230. The zero-order chi connectivity index (χ0) is 20.9. The zero-order valence-electron chi connectivity index (χ0n) is 15.8. The van der Waals surface area contributed by atoms with Crippen molar-refractivity contribution in [1.29, 1.82) is 0 Å². The van der Waals surface area contributed by atoms with Crippen molar-refractivity contribution in [1.82, 2.24) is 22.9 Å². The molecule has 3 aromatic rings. The molecule has 1 fully saturated rings. The normalized spacial score (nSPS) is 18.3. The van der Waals surface area contributed by atoms with E-state index < -0.39 is 10.0 Å². The summed E-state index contributed by atoms with van der Waals surface area (Å²) >= 11 is 0.983. The van der Waals surface area contributed by atoms with E-state index in [1.54, 1.807) is 42.5 Å². The van der Waals surface area contributed by atoms with E-state index in [4.69, 9.17) is 0 Å². The Morgan fingerprint density at radius 2 is 1.53 bits per heavy atom. The lowest BCUT2D eigenvalue weighted by Crippen LogP contribution is -2.52. The fraction of sp³-hybridized carbons (Fsp3) is 0.263. The molecule has 154 valence electrons. The first-order chi connectivity index (χ1) is 14.5. The molecule has 1 aromatic heterocycles. The molecule has 5 rings (SSSR count). The highest BCUT2D eigenvalue weighted by Gasteiger charge is 2.37. The van der Waals surface area contributed by atoms with E-state index in [9.17, 15) is 18.0 Å². The van der Waals surface area contributed by atoms with Crippen LogP contribution in [0, 0.1) is 0 Å². The Balaban J connectivity index is 1.29. The van der Waals surface area contributed by atoms with Crippen LogP contribution in [0.15, 0.2) is 47.4 Å². The molecule has 1 saturated heterocycles. The van der Waals surface area contributed by atoms with Gasteiger partial charge in [-0.05, 0) is 24.3 Å². The molecule has 0 atom stereocenters. The van der Waals surface area contributed by atoms with Crippen LogP contribution in [0.2, 0.25) is 0 Å². The minimum atomic E-state index is -3.71. The first-order valence-corrected chi connectivity index (χ1v) is 11.5. The monoisotopic (exact) mass is 443 g/mol. The van der Waals surface area contributed by atoms with Crippen LogP contribution in [0.25, 0.3) is 11.0 Å². The molecule has 2 amide bonds. The molecule has 0 bridgehead atoms. The molecule has 0 unspecified atom stereocenters. The Kier molecular flexibility index (Phi) is 4.62. The number of piperazine rings is 1. The smallest absolute Gasteiger partial charge is 0.262 e. The van der Waals surface area contributed by atoms with Crippen LogP contribution in [-0.4, -0.2) is 75.9 Å². The molecule has 0 saturated carbocycles. The summed E-state index contributed by atoms with van der Waals surface area (Å²) in [5, 5.41) is 0. The molecule has 0 N–H and O–H groups in total. The first-order valence-electron chi connectivity index (χ1n) is 9.36. The fourth-order valence-corrected chi connectivity index (χ4v) is 5.98. The molecule has 2 aliphatic rings. The van der Waals surface area contributed by atoms with Crippen molar-refractivity contribution in [2.45, 2.75) is 4.90 Å². The quantitative estimate of drug-likeness (QED) is 0.559. The number of benzene rings is 2. The molecule has 2 aromatic carbocycles. The molecule has 0 spiro atoms. The number of hydrogen-bond donors (Lipinski definition) is 0. The van der Waals surface area contributed by atoms with Crippen molar-refractivity contribution < 1.29 is 18.0 Å². The zero-order valence-corrected chi connectivity index (χ0v) is 17.4. The van der Waals surface area contributed by atoms with Crippen LogP contribution in [-0.2, 0) is 10.0 Å². The second-order valence-corrected chi connectivity index (χ2v) is 9.57. The lowest BCUT2D eigenvalue weighted by molar-refractivity contribution is 0.0500. The summed E-state index contributed by atoms with van der Waals surface area (Å²) < 4.78 is 35.9. The van der Waals surface area contributed by atoms with Crippen molar-refractivity contribution in [3.63, 3.8) is 0 Å². The molecule has 11 heteroatoms. The van der Waals surface area contributed by atoms with Crippen LogP contribution in [0.3, 0.4) is 0 Å². The van der Waals surface area contributed by atoms with E-state index >= 15 is 0 Å². The van der Waals surface area contributed by atoms with Gasteiger partial charge in [0.2, 0.25) is 10.0 Å². The second-order valence-electron chi connectivity index (χ2n) is 7.14. The average Bonchev–Trinajstić information content (AvgIpc) is 3.33. The fourth-order valence-electron chi connectivity index (χ4n) is 3.81. The largest absolute Gasteiger partial charge is 0.283 e. The highest BCUT2D eigenvalue weighted by molar-refractivity contribution is 7.89. The van der Waals surface area contributed by atoms with Gasteiger partial charge in [0, 0.05) is 26.2 Å². The average molecular weight is 444 g/mol. The number of amides is 2. The second kappa shape index (κ2) is 7.20. The summed E-state index contributed by atoms with van der Waals surface area (Å²) in [6.07, 6.45) is 0. The third-order valence-corrected chi connectivity index (χ3v) is 7.89. The molecule has 0 aliphatic carbocycles. The Morgan fingerprint density at radius 3 is 2.20 bits per heavy atom. The van der Waals surface area contributed by atoms with Gasteiger partial charge in [0.1, 0.15) is 15.9 Å². The molecule has 0 radical (unpaired) electrons. The standard InChI is InChI=1S/C19H17N5O4S2/c25-18-13-4-1-2-5-14(13)19(26)24(18)12-22-8-10-23(11-9-22)30(27,28)16-7-3-6-15-17(16)21-29-20-15/h1-7H,8-12H2. The van der Waals surface area contributed by atoms with Crippen LogP contribution in [0.4, 0.5) is 0 Å². The van der Waals surface area contributed by atoms with Gasteiger partial charge in [-0.2, -0.15) is 13.1 Å². The number of hydrogen-bond acceptors (Lipinski definition) is 8. The number of sulfonamides is 1. The maximum Gasteiger partial charge on any atom is 0.262 e. The summed E-state index contributed by atoms with van der Waals surface area (Å²) in [7, 11) is -3.71. The third kappa shape index (κ3) is 3.01. The predicted octanol–water partition coefficient (Wildman–Crippen LogP) is 1.25. The van der Waals surface area contributed by atoms with E-state index in [1.807, 2.05) is 4.90 Å². The van der Waals surface area contributed by atoms with Crippen LogP contribution >= 0.6 is 11.7 Å². The summed E-state index contributed by atoms with van der Waals surface area (Å²) in [5.74, 6) is -0.623. The van der Waals surface area contributed by atoms with Crippen molar-refractivity contribution in [3.8, 4) is 0 Å². The van der Waals surface area contributed by atoms with Crippen LogP contribution < -0.4 is 0 Å². The van der Waals surface area contributed by atoms with Gasteiger partial charge in [-0.25, -0.2) is 8.42 Å². The lowest BCUT2D eigenvalue weighted by Gasteiger charge is -2.35. The summed E-state index contributed by atoms with van der Waals surface area (Å²) in [5.41, 5.74) is 1.77. The number of aromatic nitrogens is 2. The third-order valence-electron chi connectivity index (χ3n) is 5.42. The number of carbonyl (C=O) groups is 2. The van der Waals surface area contributed by atoms with Gasteiger partial charge >= 0.3 is 0 Å². The van der Waals surface area contributed by atoms with E-state index in [-0.39, 0.29) is 36.5 Å². The Hall–Kier alpha value is -2.73. The van der Waals surface area contributed by atoms with Crippen molar-refractivity contribution in [2.75, 3.05) is 32.8 Å². The van der Waals surface area contributed by atoms with Crippen molar-refractivity contribution in [3.05, 3.63) is 53.6 Å². The number of imide groups is 1. The number of carbonyl (C=O) groups excluding carboxylic acids is 2. The molecular formula is C19H17N5O4S2. The van der Waals surface area contributed by atoms with Gasteiger partial charge in [0.05, 0.1) is 29.5 Å². The molecule has 30 heavy (non-hydrogen) atoms. The first kappa shape index (κ1) is 19.2. The molecule has 2 aliphatic heterocycles. The minimum Gasteiger partial charge on any atom is -0.283 e. The van der Waals surface area contributed by atoms with Gasteiger partial charge in [-0.15, -0.1) is 0 Å². The van der Waals surface area contributed by atoms with Crippen LogP contribution in [0.5, 0.6) is 0 Å². The van der Waals surface area contributed by atoms with E-state index in [1.165, 1.54) is 9.21 Å². The molecule has 9 nitrogen and oxygen atoms in total. The number of fused-ring (bicyclic) bond motifs is 2. The summed E-state index contributed by atoms with van der Waals surface area (Å²) in [6, 6.07) is 11.7. The lowest BCUT2D eigenvalue weighted by atomic mass is 10.1. The van der Waals surface area contributed by atoms with E-state index in [2.05, 4.69) is 8.75 Å². The summed E-state index contributed by atoms with van der Waals surface area (Å²) in [6.45, 7) is 1.50. The predicted molar refractivity (Wildman–Crippen MR) is 110 cm³/mol. The SMILES string of the molecule is O=C1c2ccccc2C(=O)N1CN1CCN(S(=O)(=O)c2cccc3nsnc23)CC1. The molecular weight excluding hydrogens is 426 g/mol. The topological polar surface area (TPSA) is 104 Å². The Labute approximate surface area is 176 Å². The molecule has 3 heterocycles. The van der Waals surface area contributed by atoms with E-state index in [0.717, 1.165) is 11.7 Å². The Morgan fingerprint density at radius 1 is 0.867 bits per heavy atom. The van der Waals surface area contributed by atoms with Crippen LogP contribution in [0.1, 0.15) is 20.7 Å². The number of nitrogens with zero attached hydrogens (tertiary/aromatic N) is 5. The highest BCUT2D eigenvalue weighted by atomic mass is 32.2. The maximum absolute atomic E-state index is 13.1. The minimum absolute atomic E-state index is 0.145. The maximum atomic E-state index is 13.1. The highest BCUT2D eigenvalue weighted by Crippen LogP contribution is 2.26. The summed E-state index contributed by atoms with van der Waals surface area (Å²) in [4.78, 5) is 28.4. The van der Waals surface area contributed by atoms with Gasteiger partial charge < -0.3 is 0 Å². The van der Waals surface area contributed by atoms with Gasteiger partial charge in [-0.3, -0.25) is 19.4 Å². The van der Waals surface area contributed by atoms with E-state index in [0.29, 0.717) is 35.2 Å². The van der Waals surface area contributed by atoms with Gasteiger partial charge in [0.15, 0.2) is 0 Å².